The van der Waals surface area contributed by atoms with Gasteiger partial charge < -0.3 is 10.1 Å². The molecule has 0 bridgehead atoms. The SMILES string of the molecule is CNC(=O)NC(=O)[C@@H](C)OC(=O)CCC(=O)c1ccc(C)c(C)c1. The Hall–Kier alpha value is -2.70. The predicted molar refractivity (Wildman–Crippen MR) is 87.6 cm³/mol. The van der Waals surface area contributed by atoms with Crippen molar-refractivity contribution in [3.8, 4) is 0 Å². The topological polar surface area (TPSA) is 102 Å². The van der Waals surface area contributed by atoms with Gasteiger partial charge in [-0.1, -0.05) is 12.1 Å². The molecular formula is C17H22N2O5. The van der Waals surface area contributed by atoms with Crippen LogP contribution >= 0.6 is 0 Å². The van der Waals surface area contributed by atoms with Gasteiger partial charge in [-0.3, -0.25) is 19.7 Å². The molecule has 0 aliphatic carbocycles. The molecule has 130 valence electrons. The van der Waals surface area contributed by atoms with Crippen molar-refractivity contribution >= 4 is 23.7 Å². The largest absolute Gasteiger partial charge is 0.453 e. The van der Waals surface area contributed by atoms with Crippen molar-refractivity contribution < 1.29 is 23.9 Å². The van der Waals surface area contributed by atoms with Gasteiger partial charge in [-0.05, 0) is 38.0 Å². The molecule has 0 spiro atoms. The molecule has 3 amide bonds. The van der Waals surface area contributed by atoms with E-state index < -0.39 is 24.0 Å². The number of hydrogen-bond donors (Lipinski definition) is 2. The second-order valence-corrected chi connectivity index (χ2v) is 5.42. The van der Waals surface area contributed by atoms with Gasteiger partial charge in [0.25, 0.3) is 5.91 Å². The summed E-state index contributed by atoms with van der Waals surface area (Å²) in [7, 11) is 1.36. The van der Waals surface area contributed by atoms with Crippen LogP contribution in [-0.2, 0) is 14.3 Å². The summed E-state index contributed by atoms with van der Waals surface area (Å²) in [6.45, 7) is 5.21. The molecule has 1 aromatic rings. The minimum absolute atomic E-state index is 0.00881. The fourth-order valence-electron chi connectivity index (χ4n) is 1.86. The molecule has 1 aromatic carbocycles. The van der Waals surface area contributed by atoms with E-state index in [0.29, 0.717) is 5.56 Å². The van der Waals surface area contributed by atoms with Gasteiger partial charge >= 0.3 is 12.0 Å². The molecule has 1 rings (SSSR count). The van der Waals surface area contributed by atoms with Crippen LogP contribution in [0.15, 0.2) is 18.2 Å². The summed E-state index contributed by atoms with van der Waals surface area (Å²) >= 11 is 0. The van der Waals surface area contributed by atoms with E-state index in [1.807, 2.05) is 25.2 Å². The summed E-state index contributed by atoms with van der Waals surface area (Å²) in [5.41, 5.74) is 2.63. The van der Waals surface area contributed by atoms with E-state index in [0.717, 1.165) is 11.1 Å². The smallest absolute Gasteiger partial charge is 0.321 e. The Bertz CT molecular complexity index is 654. The van der Waals surface area contributed by atoms with Gasteiger partial charge in [-0.2, -0.15) is 0 Å². The van der Waals surface area contributed by atoms with Crippen molar-refractivity contribution in [1.82, 2.24) is 10.6 Å². The zero-order chi connectivity index (χ0) is 18.3. The first-order valence-corrected chi connectivity index (χ1v) is 7.57. The molecule has 0 aliphatic rings. The third-order valence-corrected chi connectivity index (χ3v) is 3.53. The van der Waals surface area contributed by atoms with Gasteiger partial charge in [0.1, 0.15) is 0 Å². The number of ether oxygens (including phenoxy) is 1. The summed E-state index contributed by atoms with van der Waals surface area (Å²) in [5, 5.41) is 4.22. The third-order valence-electron chi connectivity index (χ3n) is 3.53. The molecule has 7 nitrogen and oxygen atoms in total. The maximum Gasteiger partial charge on any atom is 0.321 e. The fourth-order valence-corrected chi connectivity index (χ4v) is 1.86. The highest BCUT2D eigenvalue weighted by atomic mass is 16.5. The van der Waals surface area contributed by atoms with Crippen molar-refractivity contribution in [2.75, 3.05) is 7.05 Å². The molecule has 7 heteroatoms. The van der Waals surface area contributed by atoms with E-state index in [2.05, 4.69) is 5.32 Å². The second-order valence-electron chi connectivity index (χ2n) is 5.42. The summed E-state index contributed by atoms with van der Waals surface area (Å²) in [5.74, 6) is -1.58. The lowest BCUT2D eigenvalue weighted by molar-refractivity contribution is -0.154. The van der Waals surface area contributed by atoms with E-state index >= 15 is 0 Å². The number of esters is 1. The molecular weight excluding hydrogens is 312 g/mol. The average molecular weight is 334 g/mol. The normalized spacial score (nSPS) is 11.3. The Morgan fingerprint density at radius 2 is 1.75 bits per heavy atom. The second kappa shape index (κ2) is 8.81. The summed E-state index contributed by atoms with van der Waals surface area (Å²) in [6, 6.07) is 4.66. The van der Waals surface area contributed by atoms with Crippen LogP contribution in [0.25, 0.3) is 0 Å². The van der Waals surface area contributed by atoms with Crippen molar-refractivity contribution in [3.05, 3.63) is 34.9 Å². The first-order valence-electron chi connectivity index (χ1n) is 7.57. The highest BCUT2D eigenvalue weighted by Gasteiger charge is 2.20. The lowest BCUT2D eigenvalue weighted by Crippen LogP contribution is -2.43. The van der Waals surface area contributed by atoms with E-state index in [-0.39, 0.29) is 18.6 Å². The molecule has 0 aromatic heterocycles. The van der Waals surface area contributed by atoms with Crippen LogP contribution in [0.4, 0.5) is 4.79 Å². The number of hydrogen-bond acceptors (Lipinski definition) is 5. The number of nitrogens with one attached hydrogen (secondary N) is 2. The Balaban J connectivity index is 2.47. The van der Waals surface area contributed by atoms with Gasteiger partial charge in [-0.15, -0.1) is 0 Å². The van der Waals surface area contributed by atoms with Crippen molar-refractivity contribution in [3.63, 3.8) is 0 Å². The van der Waals surface area contributed by atoms with Crippen molar-refractivity contribution in [1.29, 1.82) is 0 Å². The number of rotatable bonds is 6. The van der Waals surface area contributed by atoms with Gasteiger partial charge in [0.2, 0.25) is 0 Å². The number of urea groups is 1. The summed E-state index contributed by atoms with van der Waals surface area (Å²) < 4.78 is 4.90. The van der Waals surface area contributed by atoms with Gasteiger partial charge in [-0.25, -0.2) is 4.79 Å². The zero-order valence-electron chi connectivity index (χ0n) is 14.3. The minimum Gasteiger partial charge on any atom is -0.453 e. The van der Waals surface area contributed by atoms with Crippen LogP contribution in [0, 0.1) is 13.8 Å². The highest BCUT2D eigenvalue weighted by molar-refractivity contribution is 5.99. The lowest BCUT2D eigenvalue weighted by atomic mass is 10.0. The molecule has 2 N–H and O–H groups in total. The monoisotopic (exact) mass is 334 g/mol. The molecule has 0 saturated carbocycles. The summed E-state index contributed by atoms with van der Waals surface area (Å²) in [4.78, 5) is 46.4. The number of carbonyl (C=O) groups excluding carboxylic acids is 4. The van der Waals surface area contributed by atoms with Crippen LogP contribution in [0.2, 0.25) is 0 Å². The molecule has 0 aliphatic heterocycles. The van der Waals surface area contributed by atoms with E-state index in [9.17, 15) is 19.2 Å². The van der Waals surface area contributed by atoms with E-state index in [1.165, 1.54) is 14.0 Å². The van der Waals surface area contributed by atoms with E-state index in [1.54, 1.807) is 12.1 Å². The summed E-state index contributed by atoms with van der Waals surface area (Å²) in [6.07, 6.45) is -1.26. The molecule has 0 saturated heterocycles. The fraction of sp³-hybridized carbons (Fsp3) is 0.412. The molecule has 0 radical (unpaired) electrons. The Kier molecular flexibility index (Phi) is 7.10. The van der Waals surface area contributed by atoms with Gasteiger partial charge in [0, 0.05) is 19.0 Å². The first-order chi connectivity index (χ1) is 11.2. The van der Waals surface area contributed by atoms with Crippen molar-refractivity contribution in [2.45, 2.75) is 39.7 Å². The minimum atomic E-state index is -1.12. The first kappa shape index (κ1) is 19.3. The van der Waals surface area contributed by atoms with Gasteiger partial charge in [0.15, 0.2) is 11.9 Å². The number of imide groups is 1. The maximum absolute atomic E-state index is 12.1. The maximum atomic E-state index is 12.1. The average Bonchev–Trinajstić information content (AvgIpc) is 2.54. The van der Waals surface area contributed by atoms with Crippen LogP contribution in [-0.4, -0.2) is 36.8 Å². The molecule has 0 unspecified atom stereocenters. The number of amides is 3. The number of benzene rings is 1. The number of carbonyl (C=O) groups is 4. The van der Waals surface area contributed by atoms with Crippen LogP contribution in [0.1, 0.15) is 41.3 Å². The predicted octanol–water partition coefficient (Wildman–Crippen LogP) is 1.65. The lowest BCUT2D eigenvalue weighted by Gasteiger charge is -2.12. The third kappa shape index (κ3) is 5.83. The number of aryl methyl sites for hydroxylation is 2. The Labute approximate surface area is 140 Å². The van der Waals surface area contributed by atoms with Crippen LogP contribution in [0.5, 0.6) is 0 Å². The molecule has 1 atom stereocenters. The Morgan fingerprint density at radius 1 is 1.08 bits per heavy atom. The van der Waals surface area contributed by atoms with Gasteiger partial charge in [0.05, 0.1) is 6.42 Å². The quantitative estimate of drug-likeness (QED) is 0.608. The number of Topliss-reactive ketones (excluding diaryl/α,β-unsaturated/α-hetero) is 1. The van der Waals surface area contributed by atoms with Crippen molar-refractivity contribution in [2.24, 2.45) is 0 Å². The zero-order valence-corrected chi connectivity index (χ0v) is 14.3. The van der Waals surface area contributed by atoms with E-state index in [4.69, 9.17) is 4.74 Å². The molecule has 24 heavy (non-hydrogen) atoms. The standard InChI is InChI=1S/C17H22N2O5/c1-10-5-6-13(9-11(10)2)14(20)7-8-15(21)24-12(3)16(22)19-17(23)18-4/h5-6,9,12H,7-8H2,1-4H3,(H2,18,19,22,23)/t12-/m1/s1. The highest BCUT2D eigenvalue weighted by Crippen LogP contribution is 2.13. The number of ketones is 1. The Morgan fingerprint density at radius 3 is 2.33 bits per heavy atom. The van der Waals surface area contributed by atoms with Crippen LogP contribution in [0.3, 0.4) is 0 Å². The molecule has 0 heterocycles. The van der Waals surface area contributed by atoms with Crippen LogP contribution < -0.4 is 10.6 Å². The molecule has 0 fully saturated rings.